The summed E-state index contributed by atoms with van der Waals surface area (Å²) in [5.41, 5.74) is 10.7. The molecule has 1 aliphatic carbocycles. The lowest BCUT2D eigenvalue weighted by atomic mass is 9.80. The van der Waals surface area contributed by atoms with E-state index < -0.39 is 0 Å². The summed E-state index contributed by atoms with van der Waals surface area (Å²) < 4.78 is 0. The number of nitriles is 1. The van der Waals surface area contributed by atoms with E-state index in [0.29, 0.717) is 5.56 Å². The second kappa shape index (κ2) is 9.39. The molecule has 0 saturated heterocycles. The zero-order chi connectivity index (χ0) is 30.3. The van der Waals surface area contributed by atoms with Crippen molar-refractivity contribution in [3.8, 4) is 39.4 Å². The van der Waals surface area contributed by atoms with Crippen molar-refractivity contribution in [1.29, 1.82) is 5.26 Å². The van der Waals surface area contributed by atoms with E-state index in [1.54, 1.807) is 0 Å². The van der Waals surface area contributed by atoms with Crippen LogP contribution in [-0.2, 0) is 5.41 Å². The highest BCUT2D eigenvalue weighted by Gasteiger charge is 2.36. The first kappa shape index (κ1) is 25.8. The van der Waals surface area contributed by atoms with Crippen molar-refractivity contribution in [2.24, 2.45) is 0 Å². The molecule has 0 atom stereocenters. The third-order valence-electron chi connectivity index (χ3n) is 10.1. The van der Waals surface area contributed by atoms with Crippen molar-refractivity contribution < 1.29 is 0 Å². The first-order valence-corrected chi connectivity index (χ1v) is 15.6. The minimum Gasteiger partial charge on any atom is -0.192 e. The summed E-state index contributed by atoms with van der Waals surface area (Å²) in [6.07, 6.45) is 0. The second-order valence-corrected chi connectivity index (χ2v) is 12.8. The Balaban J connectivity index is 1.26. The highest BCUT2D eigenvalue weighted by molar-refractivity contribution is 6.33. The lowest BCUT2D eigenvalue weighted by molar-refractivity contribution is 0.661. The van der Waals surface area contributed by atoms with Gasteiger partial charge in [-0.3, -0.25) is 0 Å². The Kier molecular flexibility index (Phi) is 5.38. The van der Waals surface area contributed by atoms with Gasteiger partial charge in [-0.2, -0.15) is 5.26 Å². The van der Waals surface area contributed by atoms with Crippen LogP contribution >= 0.6 is 0 Å². The summed E-state index contributed by atoms with van der Waals surface area (Å²) in [7, 11) is 0. The monoisotopic (exact) mass is 571 g/mol. The highest BCUT2D eigenvalue weighted by Crippen LogP contribution is 2.51. The van der Waals surface area contributed by atoms with Crippen LogP contribution in [0.3, 0.4) is 0 Å². The quantitative estimate of drug-likeness (QED) is 0.189. The van der Waals surface area contributed by atoms with Gasteiger partial charge < -0.3 is 0 Å². The lowest BCUT2D eigenvalue weighted by Crippen LogP contribution is -2.15. The summed E-state index contributed by atoms with van der Waals surface area (Å²) >= 11 is 0. The molecule has 0 amide bonds. The normalized spacial score (nSPS) is 13.3. The van der Waals surface area contributed by atoms with Gasteiger partial charge in [-0.25, -0.2) is 0 Å². The van der Waals surface area contributed by atoms with Gasteiger partial charge >= 0.3 is 0 Å². The van der Waals surface area contributed by atoms with Crippen LogP contribution in [0, 0.1) is 11.3 Å². The maximum absolute atomic E-state index is 9.25. The standard InChI is InChI=1S/C44H29N/c1-44(2)41-23-29(28-17-15-27(26-45)16-18-28)19-21-35(41)36-22-20-30(24-42(36)44)39-25-40-33-11-4-3-9-31(33)32-10-5-7-13-37(32)43(40)38-14-8-6-12-34(38)39/h3-25H,1-2H3. The van der Waals surface area contributed by atoms with Gasteiger partial charge in [-0.1, -0.05) is 123 Å². The van der Waals surface area contributed by atoms with Crippen molar-refractivity contribution in [3.05, 3.63) is 156 Å². The van der Waals surface area contributed by atoms with Crippen LogP contribution in [0.5, 0.6) is 0 Å². The van der Waals surface area contributed by atoms with Gasteiger partial charge in [0.2, 0.25) is 0 Å². The number of rotatable bonds is 2. The molecule has 1 aliphatic rings. The Morgan fingerprint density at radius 2 is 0.889 bits per heavy atom. The minimum atomic E-state index is -0.154. The fourth-order valence-electron chi connectivity index (χ4n) is 7.83. The smallest absolute Gasteiger partial charge is 0.0991 e. The maximum atomic E-state index is 9.25. The molecule has 45 heavy (non-hydrogen) atoms. The van der Waals surface area contributed by atoms with Gasteiger partial charge in [0.25, 0.3) is 0 Å². The fraction of sp³-hybridized carbons (Fsp3) is 0.0682. The molecular formula is C44H29N. The van der Waals surface area contributed by atoms with Crippen molar-refractivity contribution in [2.45, 2.75) is 19.3 Å². The van der Waals surface area contributed by atoms with Gasteiger partial charge in [-0.05, 0) is 118 Å². The number of hydrogen-bond acceptors (Lipinski definition) is 1. The fourth-order valence-corrected chi connectivity index (χ4v) is 7.83. The van der Waals surface area contributed by atoms with Crippen molar-refractivity contribution in [1.82, 2.24) is 0 Å². The van der Waals surface area contributed by atoms with E-state index in [4.69, 9.17) is 0 Å². The average molecular weight is 572 g/mol. The Labute approximate surface area is 262 Å². The van der Waals surface area contributed by atoms with E-state index in [1.165, 1.54) is 82.0 Å². The topological polar surface area (TPSA) is 23.8 Å². The third kappa shape index (κ3) is 3.67. The van der Waals surface area contributed by atoms with E-state index >= 15 is 0 Å². The predicted molar refractivity (Wildman–Crippen MR) is 190 cm³/mol. The molecule has 0 aliphatic heterocycles. The molecule has 9 rings (SSSR count). The van der Waals surface area contributed by atoms with Crippen LogP contribution in [0.15, 0.2) is 140 Å². The van der Waals surface area contributed by atoms with Crippen LogP contribution < -0.4 is 0 Å². The van der Waals surface area contributed by atoms with E-state index in [0.717, 1.165) is 5.56 Å². The zero-order valence-electron chi connectivity index (χ0n) is 25.2. The average Bonchev–Trinajstić information content (AvgIpc) is 3.32. The molecule has 0 spiro atoms. The van der Waals surface area contributed by atoms with Crippen molar-refractivity contribution in [3.63, 3.8) is 0 Å². The number of fused-ring (bicyclic) bond motifs is 11. The number of benzene rings is 8. The van der Waals surface area contributed by atoms with Gasteiger partial charge in [0.05, 0.1) is 11.6 Å². The Hall–Kier alpha value is -5.71. The van der Waals surface area contributed by atoms with Crippen LogP contribution in [0.2, 0.25) is 0 Å². The molecule has 0 fully saturated rings. The van der Waals surface area contributed by atoms with Gasteiger partial charge in [0, 0.05) is 5.41 Å². The van der Waals surface area contributed by atoms with Crippen molar-refractivity contribution >= 4 is 43.1 Å². The van der Waals surface area contributed by atoms with E-state index in [2.05, 4.69) is 135 Å². The molecule has 0 N–H and O–H groups in total. The predicted octanol–water partition coefficient (Wildman–Crippen LogP) is 11.8. The number of nitrogens with zero attached hydrogens (tertiary/aromatic N) is 1. The lowest BCUT2D eigenvalue weighted by Gasteiger charge is -2.23. The molecule has 1 nitrogen and oxygen atoms in total. The molecule has 210 valence electrons. The zero-order valence-corrected chi connectivity index (χ0v) is 25.2. The maximum Gasteiger partial charge on any atom is 0.0991 e. The Morgan fingerprint density at radius 1 is 0.422 bits per heavy atom. The first-order valence-electron chi connectivity index (χ1n) is 15.6. The van der Waals surface area contributed by atoms with Crippen molar-refractivity contribution in [2.75, 3.05) is 0 Å². The summed E-state index contributed by atoms with van der Waals surface area (Å²) in [5.74, 6) is 0. The molecule has 0 aromatic heterocycles. The Bertz CT molecular complexity index is 2560. The SMILES string of the molecule is CC1(C)c2cc(-c3ccc(C#N)cc3)ccc2-c2ccc(-c3cc4c5ccccc5c5ccccc5c4c4ccccc34)cc21. The van der Waals surface area contributed by atoms with Crippen LogP contribution in [0.1, 0.15) is 30.5 Å². The summed E-state index contributed by atoms with van der Waals surface area (Å²) in [5, 5.41) is 19.6. The molecule has 8 aromatic rings. The van der Waals surface area contributed by atoms with Gasteiger partial charge in [0.1, 0.15) is 0 Å². The molecular weight excluding hydrogens is 542 g/mol. The molecule has 0 saturated carbocycles. The van der Waals surface area contributed by atoms with Crippen LogP contribution in [0.4, 0.5) is 0 Å². The van der Waals surface area contributed by atoms with E-state index in [-0.39, 0.29) is 5.41 Å². The summed E-state index contributed by atoms with van der Waals surface area (Å²) in [6, 6.07) is 53.1. The molecule has 8 aromatic carbocycles. The number of hydrogen-bond donors (Lipinski definition) is 0. The second-order valence-electron chi connectivity index (χ2n) is 12.8. The largest absolute Gasteiger partial charge is 0.192 e. The first-order chi connectivity index (χ1) is 22.0. The molecule has 0 heterocycles. The van der Waals surface area contributed by atoms with Gasteiger partial charge in [-0.15, -0.1) is 0 Å². The minimum absolute atomic E-state index is 0.154. The molecule has 0 unspecified atom stereocenters. The molecule has 1 heteroatoms. The highest BCUT2D eigenvalue weighted by atomic mass is 14.4. The van der Waals surface area contributed by atoms with E-state index in [9.17, 15) is 5.26 Å². The third-order valence-corrected chi connectivity index (χ3v) is 10.1. The molecule has 0 radical (unpaired) electrons. The van der Waals surface area contributed by atoms with E-state index in [1.807, 2.05) is 24.3 Å². The van der Waals surface area contributed by atoms with Crippen LogP contribution in [0.25, 0.3) is 76.5 Å². The summed E-state index contributed by atoms with van der Waals surface area (Å²) in [6.45, 7) is 4.70. The summed E-state index contributed by atoms with van der Waals surface area (Å²) in [4.78, 5) is 0. The molecule has 0 bridgehead atoms. The van der Waals surface area contributed by atoms with Crippen LogP contribution in [-0.4, -0.2) is 0 Å². The Morgan fingerprint density at radius 3 is 1.51 bits per heavy atom. The van der Waals surface area contributed by atoms with Gasteiger partial charge in [0.15, 0.2) is 0 Å².